The highest BCUT2D eigenvalue weighted by atomic mass is 16.1. The van der Waals surface area contributed by atoms with Gasteiger partial charge in [-0.3, -0.25) is 4.79 Å². The number of aryl methyl sites for hydroxylation is 2. The van der Waals surface area contributed by atoms with Gasteiger partial charge in [-0.05, 0) is 19.4 Å². The van der Waals surface area contributed by atoms with Gasteiger partial charge in [0.25, 0.3) is 0 Å². The molecule has 2 heterocycles. The second-order valence-electron chi connectivity index (χ2n) is 4.65. The maximum Gasteiger partial charge on any atom is 0.166 e. The molecule has 0 saturated heterocycles. The van der Waals surface area contributed by atoms with Crippen LogP contribution in [0.5, 0.6) is 0 Å². The fourth-order valence-electron chi connectivity index (χ4n) is 2.08. The van der Waals surface area contributed by atoms with Gasteiger partial charge in [0.05, 0.1) is 5.56 Å². The van der Waals surface area contributed by atoms with Gasteiger partial charge in [-0.15, -0.1) is 0 Å². The minimum atomic E-state index is 0.531. The molecule has 0 fully saturated rings. The highest BCUT2D eigenvalue weighted by Gasteiger charge is 2.14. The predicted molar refractivity (Wildman–Crippen MR) is 73.3 cm³/mol. The Labute approximate surface area is 110 Å². The van der Waals surface area contributed by atoms with Gasteiger partial charge in [-0.1, -0.05) is 29.8 Å². The third kappa shape index (κ3) is 1.91. The van der Waals surface area contributed by atoms with Crippen molar-refractivity contribution in [3.05, 3.63) is 53.3 Å². The number of benzene rings is 1. The Morgan fingerprint density at radius 3 is 2.53 bits per heavy atom. The first-order chi connectivity index (χ1) is 9.19. The van der Waals surface area contributed by atoms with E-state index < -0.39 is 0 Å². The fourth-order valence-corrected chi connectivity index (χ4v) is 2.08. The summed E-state index contributed by atoms with van der Waals surface area (Å²) in [5.41, 5.74) is 4.90. The summed E-state index contributed by atoms with van der Waals surface area (Å²) in [7, 11) is 0. The van der Waals surface area contributed by atoms with Crippen LogP contribution in [-0.4, -0.2) is 20.9 Å². The van der Waals surface area contributed by atoms with Gasteiger partial charge in [0.1, 0.15) is 5.69 Å². The molecule has 3 aromatic rings. The molecule has 0 unspecified atom stereocenters. The quantitative estimate of drug-likeness (QED) is 0.658. The van der Waals surface area contributed by atoms with Crippen molar-refractivity contribution < 1.29 is 4.79 Å². The number of carbonyl (C=O) groups is 1. The number of nitrogens with zero attached hydrogens (tertiary/aromatic N) is 3. The number of aromatic nitrogens is 3. The molecule has 4 heteroatoms. The van der Waals surface area contributed by atoms with Crippen LogP contribution in [0.4, 0.5) is 0 Å². The van der Waals surface area contributed by atoms with Gasteiger partial charge in [-0.25, -0.2) is 9.50 Å². The molecule has 2 aromatic heterocycles. The van der Waals surface area contributed by atoms with Crippen LogP contribution in [0.25, 0.3) is 16.9 Å². The second-order valence-corrected chi connectivity index (χ2v) is 4.65. The third-order valence-electron chi connectivity index (χ3n) is 3.08. The molecule has 0 N–H and O–H groups in total. The molecule has 3 rings (SSSR count). The van der Waals surface area contributed by atoms with Crippen molar-refractivity contribution in [3.8, 4) is 11.3 Å². The molecule has 0 radical (unpaired) electrons. The molecule has 0 atom stereocenters. The lowest BCUT2D eigenvalue weighted by Gasteiger charge is -1.98. The van der Waals surface area contributed by atoms with E-state index in [1.54, 1.807) is 10.7 Å². The van der Waals surface area contributed by atoms with Gasteiger partial charge in [0, 0.05) is 18.0 Å². The van der Waals surface area contributed by atoms with E-state index in [1.807, 2.05) is 44.3 Å². The molecule has 0 aliphatic heterocycles. The summed E-state index contributed by atoms with van der Waals surface area (Å²) >= 11 is 0. The topological polar surface area (TPSA) is 47.3 Å². The SMILES string of the molecule is Cc1ccc(-c2nn3cc(C)cnc3c2C=O)cc1. The van der Waals surface area contributed by atoms with Crippen molar-refractivity contribution >= 4 is 11.9 Å². The zero-order valence-corrected chi connectivity index (χ0v) is 10.8. The van der Waals surface area contributed by atoms with Crippen molar-refractivity contribution in [2.24, 2.45) is 0 Å². The van der Waals surface area contributed by atoms with E-state index in [9.17, 15) is 4.79 Å². The summed E-state index contributed by atoms with van der Waals surface area (Å²) in [6.07, 6.45) is 4.43. The standard InChI is InChI=1S/C15H13N3O/c1-10-3-5-12(6-4-10)14-13(9-19)15-16-7-11(2)8-18(15)17-14/h3-9H,1-2H3. The molecule has 4 nitrogen and oxygen atoms in total. The third-order valence-corrected chi connectivity index (χ3v) is 3.08. The van der Waals surface area contributed by atoms with E-state index in [1.165, 1.54) is 5.56 Å². The highest BCUT2D eigenvalue weighted by molar-refractivity contribution is 5.93. The monoisotopic (exact) mass is 251 g/mol. The van der Waals surface area contributed by atoms with Crippen LogP contribution < -0.4 is 0 Å². The average molecular weight is 251 g/mol. The second kappa shape index (κ2) is 4.31. The summed E-state index contributed by atoms with van der Waals surface area (Å²) in [6.45, 7) is 3.97. The molecule has 0 bridgehead atoms. The lowest BCUT2D eigenvalue weighted by molar-refractivity contribution is 0.112. The average Bonchev–Trinajstić information content (AvgIpc) is 2.77. The molecule has 0 amide bonds. The van der Waals surface area contributed by atoms with Gasteiger partial charge in [0.15, 0.2) is 11.9 Å². The largest absolute Gasteiger partial charge is 0.298 e. The summed E-state index contributed by atoms with van der Waals surface area (Å²) in [4.78, 5) is 15.6. The molecule has 94 valence electrons. The summed E-state index contributed by atoms with van der Waals surface area (Å²) in [6, 6.07) is 7.95. The summed E-state index contributed by atoms with van der Waals surface area (Å²) in [5, 5.41) is 4.47. The van der Waals surface area contributed by atoms with Crippen LogP contribution in [-0.2, 0) is 0 Å². The lowest BCUT2D eigenvalue weighted by atomic mass is 10.1. The molecule has 0 aliphatic carbocycles. The van der Waals surface area contributed by atoms with Crippen molar-refractivity contribution in [1.29, 1.82) is 0 Å². The molecular weight excluding hydrogens is 238 g/mol. The Morgan fingerprint density at radius 1 is 1.11 bits per heavy atom. The molecule has 19 heavy (non-hydrogen) atoms. The number of hydrogen-bond acceptors (Lipinski definition) is 3. The number of fused-ring (bicyclic) bond motifs is 1. The van der Waals surface area contributed by atoms with Crippen molar-refractivity contribution in [2.75, 3.05) is 0 Å². The normalized spacial score (nSPS) is 10.8. The van der Waals surface area contributed by atoms with Gasteiger partial charge in [-0.2, -0.15) is 5.10 Å². The van der Waals surface area contributed by atoms with Crippen LogP contribution in [0.1, 0.15) is 21.5 Å². The number of rotatable bonds is 2. The summed E-state index contributed by atoms with van der Waals surface area (Å²) in [5.74, 6) is 0. The Hall–Kier alpha value is -2.49. The van der Waals surface area contributed by atoms with E-state index >= 15 is 0 Å². The maximum atomic E-state index is 11.3. The minimum absolute atomic E-state index is 0.531. The van der Waals surface area contributed by atoms with Crippen LogP contribution in [0.2, 0.25) is 0 Å². The van der Waals surface area contributed by atoms with E-state index in [2.05, 4.69) is 10.1 Å². The lowest BCUT2D eigenvalue weighted by Crippen LogP contribution is -1.91. The molecule has 0 spiro atoms. The predicted octanol–water partition coefficient (Wildman–Crippen LogP) is 2.83. The van der Waals surface area contributed by atoms with Gasteiger partial charge >= 0.3 is 0 Å². The van der Waals surface area contributed by atoms with E-state index in [0.29, 0.717) is 16.9 Å². The van der Waals surface area contributed by atoms with E-state index in [-0.39, 0.29) is 0 Å². The van der Waals surface area contributed by atoms with Crippen LogP contribution >= 0.6 is 0 Å². The van der Waals surface area contributed by atoms with E-state index in [0.717, 1.165) is 17.4 Å². The Balaban J connectivity index is 2.28. The molecule has 0 saturated carbocycles. The van der Waals surface area contributed by atoms with Crippen LogP contribution in [0.3, 0.4) is 0 Å². The number of carbonyl (C=O) groups excluding carboxylic acids is 1. The Morgan fingerprint density at radius 2 is 1.84 bits per heavy atom. The molecular formula is C15H13N3O. The first kappa shape index (κ1) is 11.6. The smallest absolute Gasteiger partial charge is 0.166 e. The maximum absolute atomic E-state index is 11.3. The van der Waals surface area contributed by atoms with Gasteiger partial charge in [0.2, 0.25) is 0 Å². The summed E-state index contributed by atoms with van der Waals surface area (Å²) < 4.78 is 1.66. The Bertz CT molecular complexity index is 757. The van der Waals surface area contributed by atoms with Crippen molar-refractivity contribution in [1.82, 2.24) is 14.6 Å². The highest BCUT2D eigenvalue weighted by Crippen LogP contribution is 2.24. The van der Waals surface area contributed by atoms with Crippen LogP contribution in [0, 0.1) is 13.8 Å². The van der Waals surface area contributed by atoms with Gasteiger partial charge < -0.3 is 0 Å². The zero-order valence-electron chi connectivity index (χ0n) is 10.8. The molecule has 0 aliphatic rings. The fraction of sp³-hybridized carbons (Fsp3) is 0.133. The first-order valence-corrected chi connectivity index (χ1v) is 6.06. The minimum Gasteiger partial charge on any atom is -0.298 e. The van der Waals surface area contributed by atoms with E-state index in [4.69, 9.17) is 0 Å². The zero-order chi connectivity index (χ0) is 13.4. The molecule has 1 aromatic carbocycles. The first-order valence-electron chi connectivity index (χ1n) is 6.06. The van der Waals surface area contributed by atoms with Crippen LogP contribution in [0.15, 0.2) is 36.7 Å². The number of hydrogen-bond donors (Lipinski definition) is 0. The Kier molecular flexibility index (Phi) is 2.63. The number of aldehydes is 1. The van der Waals surface area contributed by atoms with Crippen molar-refractivity contribution in [2.45, 2.75) is 13.8 Å². The van der Waals surface area contributed by atoms with Crippen molar-refractivity contribution in [3.63, 3.8) is 0 Å².